The van der Waals surface area contributed by atoms with Crippen LogP contribution in [0.5, 0.6) is 0 Å². The standard InChI is InChI=1S/C20H22N6O/c21-8-3-1-2-6-17-15-23-20(24-18-7-4-5-16(13-18)14-22)25-19(17)26-9-11-27-12-10-26/h4-5,7,13,15H,1,3,8-12,21H2,(H,23,24,25). The predicted molar refractivity (Wildman–Crippen MR) is 105 cm³/mol. The normalized spacial score (nSPS) is 13.4. The number of nitriles is 1. The van der Waals surface area contributed by atoms with Crippen molar-refractivity contribution >= 4 is 17.5 Å². The molecule has 0 spiro atoms. The summed E-state index contributed by atoms with van der Waals surface area (Å²) in [6.45, 7) is 3.48. The number of hydrogen-bond acceptors (Lipinski definition) is 7. The molecule has 1 fully saturated rings. The van der Waals surface area contributed by atoms with Crippen molar-refractivity contribution < 1.29 is 4.74 Å². The van der Waals surface area contributed by atoms with Crippen LogP contribution >= 0.6 is 0 Å². The van der Waals surface area contributed by atoms with Gasteiger partial charge in [0.1, 0.15) is 5.82 Å². The first-order valence-electron chi connectivity index (χ1n) is 8.96. The smallest absolute Gasteiger partial charge is 0.229 e. The van der Waals surface area contributed by atoms with Gasteiger partial charge in [0, 0.05) is 25.2 Å². The fourth-order valence-electron chi connectivity index (χ4n) is 2.68. The highest BCUT2D eigenvalue weighted by atomic mass is 16.5. The van der Waals surface area contributed by atoms with Gasteiger partial charge < -0.3 is 20.7 Å². The average Bonchev–Trinajstić information content (AvgIpc) is 2.73. The van der Waals surface area contributed by atoms with E-state index in [-0.39, 0.29) is 0 Å². The number of aromatic nitrogens is 2. The lowest BCUT2D eigenvalue weighted by Crippen LogP contribution is -2.37. The zero-order valence-electron chi connectivity index (χ0n) is 15.1. The predicted octanol–water partition coefficient (Wildman–Crippen LogP) is 2.02. The molecule has 0 bridgehead atoms. The van der Waals surface area contributed by atoms with Crippen LogP contribution in [-0.4, -0.2) is 42.8 Å². The van der Waals surface area contributed by atoms with E-state index in [1.807, 2.05) is 12.1 Å². The lowest BCUT2D eigenvalue weighted by Gasteiger charge is -2.28. The maximum Gasteiger partial charge on any atom is 0.229 e. The van der Waals surface area contributed by atoms with Crippen molar-refractivity contribution in [2.45, 2.75) is 12.8 Å². The third kappa shape index (κ3) is 5.18. The van der Waals surface area contributed by atoms with E-state index in [1.54, 1.807) is 18.3 Å². The first-order chi connectivity index (χ1) is 13.3. The molecule has 1 aliphatic heterocycles. The number of morpholine rings is 1. The summed E-state index contributed by atoms with van der Waals surface area (Å²) in [5.41, 5.74) is 7.67. The highest BCUT2D eigenvalue weighted by Crippen LogP contribution is 2.22. The number of anilines is 3. The summed E-state index contributed by atoms with van der Waals surface area (Å²) < 4.78 is 5.44. The minimum atomic E-state index is 0.471. The Balaban J connectivity index is 1.86. The van der Waals surface area contributed by atoms with Crippen LogP contribution in [0.1, 0.15) is 24.0 Å². The highest BCUT2D eigenvalue weighted by Gasteiger charge is 2.17. The summed E-state index contributed by atoms with van der Waals surface area (Å²) in [6.07, 6.45) is 3.36. The number of unbranched alkanes of at least 4 members (excludes halogenated alkanes) is 1. The summed E-state index contributed by atoms with van der Waals surface area (Å²) in [4.78, 5) is 11.2. The second-order valence-corrected chi connectivity index (χ2v) is 6.04. The van der Waals surface area contributed by atoms with Gasteiger partial charge in [0.15, 0.2) is 0 Å². The van der Waals surface area contributed by atoms with Crippen molar-refractivity contribution in [3.63, 3.8) is 0 Å². The van der Waals surface area contributed by atoms with Gasteiger partial charge in [-0.1, -0.05) is 17.9 Å². The second-order valence-electron chi connectivity index (χ2n) is 6.04. The van der Waals surface area contributed by atoms with E-state index in [4.69, 9.17) is 15.7 Å². The maximum atomic E-state index is 9.05. The Hall–Kier alpha value is -3.13. The Labute approximate surface area is 159 Å². The number of ether oxygens (including phenoxy) is 1. The molecule has 1 aliphatic rings. The minimum absolute atomic E-state index is 0.471. The molecule has 7 nitrogen and oxygen atoms in total. The molecule has 2 aromatic rings. The number of nitrogens with two attached hydrogens (primary N) is 1. The number of nitrogens with one attached hydrogen (secondary N) is 1. The Bertz CT molecular complexity index is 874. The van der Waals surface area contributed by atoms with E-state index < -0.39 is 0 Å². The molecule has 7 heteroatoms. The van der Waals surface area contributed by atoms with Crippen LogP contribution < -0.4 is 16.0 Å². The first kappa shape index (κ1) is 18.7. The van der Waals surface area contributed by atoms with E-state index >= 15 is 0 Å². The Morgan fingerprint density at radius 3 is 2.93 bits per heavy atom. The Morgan fingerprint density at radius 1 is 1.30 bits per heavy atom. The minimum Gasteiger partial charge on any atom is -0.378 e. The van der Waals surface area contributed by atoms with Crippen molar-refractivity contribution in [1.29, 1.82) is 5.26 Å². The van der Waals surface area contributed by atoms with Gasteiger partial charge in [-0.25, -0.2) is 4.98 Å². The van der Waals surface area contributed by atoms with Crippen LogP contribution in [0.15, 0.2) is 30.5 Å². The maximum absolute atomic E-state index is 9.05. The molecule has 0 atom stereocenters. The first-order valence-corrected chi connectivity index (χ1v) is 8.96. The number of nitrogens with zero attached hydrogens (tertiary/aromatic N) is 4. The fraction of sp³-hybridized carbons (Fsp3) is 0.350. The van der Waals surface area contributed by atoms with Crippen LogP contribution in [0, 0.1) is 23.2 Å². The molecule has 138 valence electrons. The van der Waals surface area contributed by atoms with Gasteiger partial charge in [-0.3, -0.25) is 0 Å². The van der Waals surface area contributed by atoms with E-state index in [9.17, 15) is 0 Å². The summed E-state index contributed by atoms with van der Waals surface area (Å²) >= 11 is 0. The second kappa shape index (κ2) is 9.54. The third-order valence-corrected chi connectivity index (χ3v) is 4.06. The molecule has 27 heavy (non-hydrogen) atoms. The van der Waals surface area contributed by atoms with Crippen LogP contribution in [-0.2, 0) is 4.74 Å². The molecule has 0 radical (unpaired) electrons. The summed E-state index contributed by atoms with van der Waals surface area (Å²) in [7, 11) is 0. The zero-order valence-corrected chi connectivity index (χ0v) is 15.1. The van der Waals surface area contributed by atoms with Gasteiger partial charge in [-0.2, -0.15) is 10.2 Å². The summed E-state index contributed by atoms with van der Waals surface area (Å²) in [5, 5.41) is 12.2. The van der Waals surface area contributed by atoms with Crippen LogP contribution in [0.4, 0.5) is 17.5 Å². The topological polar surface area (TPSA) is 100 Å². The fourth-order valence-corrected chi connectivity index (χ4v) is 2.68. The number of benzene rings is 1. The van der Waals surface area contributed by atoms with E-state index in [0.717, 1.165) is 43.0 Å². The molecule has 1 aromatic heterocycles. The van der Waals surface area contributed by atoms with E-state index in [1.165, 1.54) is 0 Å². The van der Waals surface area contributed by atoms with Gasteiger partial charge in [0.25, 0.3) is 0 Å². The van der Waals surface area contributed by atoms with Crippen molar-refractivity contribution in [1.82, 2.24) is 9.97 Å². The largest absolute Gasteiger partial charge is 0.378 e. The van der Waals surface area contributed by atoms with E-state index in [2.05, 4.69) is 38.1 Å². The SMILES string of the molecule is N#Cc1cccc(Nc2ncc(C#CCCCN)c(N3CCOCC3)n2)c1. The molecule has 0 amide bonds. The lowest BCUT2D eigenvalue weighted by atomic mass is 10.2. The van der Waals surface area contributed by atoms with Crippen LogP contribution in [0.25, 0.3) is 0 Å². The Kier molecular flexibility index (Phi) is 6.59. The molecule has 0 unspecified atom stereocenters. The van der Waals surface area contributed by atoms with Crippen molar-refractivity contribution in [2.24, 2.45) is 5.73 Å². The molecule has 0 saturated carbocycles. The quantitative estimate of drug-likeness (QED) is 0.620. The summed E-state index contributed by atoms with van der Waals surface area (Å²) in [5.74, 6) is 7.58. The number of hydrogen-bond donors (Lipinski definition) is 2. The zero-order chi connectivity index (χ0) is 18.9. The van der Waals surface area contributed by atoms with Gasteiger partial charge in [0.2, 0.25) is 5.95 Å². The lowest BCUT2D eigenvalue weighted by molar-refractivity contribution is 0.122. The third-order valence-electron chi connectivity index (χ3n) is 4.06. The molecular formula is C20H22N6O. The summed E-state index contributed by atoms with van der Waals surface area (Å²) in [6, 6.07) is 9.34. The van der Waals surface area contributed by atoms with Gasteiger partial charge in [-0.05, 0) is 31.2 Å². The van der Waals surface area contributed by atoms with Gasteiger partial charge >= 0.3 is 0 Å². The molecule has 2 heterocycles. The molecule has 3 rings (SSSR count). The monoisotopic (exact) mass is 362 g/mol. The Morgan fingerprint density at radius 2 is 2.15 bits per heavy atom. The molecular weight excluding hydrogens is 340 g/mol. The van der Waals surface area contributed by atoms with Gasteiger partial charge in [-0.15, -0.1) is 0 Å². The molecule has 1 saturated heterocycles. The van der Waals surface area contributed by atoms with E-state index in [0.29, 0.717) is 31.3 Å². The van der Waals surface area contributed by atoms with Gasteiger partial charge in [0.05, 0.1) is 36.6 Å². The molecule has 0 aliphatic carbocycles. The number of rotatable bonds is 5. The van der Waals surface area contributed by atoms with Crippen molar-refractivity contribution in [2.75, 3.05) is 43.1 Å². The molecule has 1 aromatic carbocycles. The van der Waals surface area contributed by atoms with Crippen molar-refractivity contribution in [3.8, 4) is 17.9 Å². The van der Waals surface area contributed by atoms with Crippen molar-refractivity contribution in [3.05, 3.63) is 41.6 Å². The highest BCUT2D eigenvalue weighted by molar-refractivity contribution is 5.61. The molecule has 3 N–H and O–H groups in total. The van der Waals surface area contributed by atoms with Crippen LogP contribution in [0.3, 0.4) is 0 Å². The van der Waals surface area contributed by atoms with Crippen LogP contribution in [0.2, 0.25) is 0 Å². The average molecular weight is 362 g/mol.